The van der Waals surface area contributed by atoms with E-state index in [-0.39, 0.29) is 0 Å². The minimum Gasteiger partial charge on any atom is -0.351 e. The third-order valence-corrected chi connectivity index (χ3v) is 1.65. The van der Waals surface area contributed by atoms with Crippen molar-refractivity contribution in [3.05, 3.63) is 29.3 Å². The first kappa shape index (κ1) is 8.59. The highest BCUT2D eigenvalue weighted by atomic mass is 16.2. The summed E-state index contributed by atoms with van der Waals surface area (Å²) >= 11 is 0. The lowest BCUT2D eigenvalue weighted by molar-refractivity contribution is 0.259. The number of carbonyl (C=O) groups excluding carboxylic acids is 1. The average Bonchev–Trinajstić information content (AvgIpc) is 1.96. The molecule has 2 amide bonds. The lowest BCUT2D eigenvalue weighted by atomic mass is 10.1. The Morgan fingerprint density at radius 3 is 2.67 bits per heavy atom. The number of anilines is 1. The highest BCUT2D eigenvalue weighted by molar-refractivity contribution is 5.88. The van der Waals surface area contributed by atoms with E-state index >= 15 is 0 Å². The summed E-state index contributed by atoms with van der Waals surface area (Å²) < 4.78 is 0. The maximum absolute atomic E-state index is 10.5. The van der Waals surface area contributed by atoms with Crippen LogP contribution in [0.25, 0.3) is 0 Å². The Balaban J connectivity index is 2.97. The van der Waals surface area contributed by atoms with E-state index in [1.165, 1.54) is 0 Å². The number of nitrogens with two attached hydrogens (primary N) is 1. The summed E-state index contributed by atoms with van der Waals surface area (Å²) in [6.07, 6.45) is 0. The summed E-state index contributed by atoms with van der Waals surface area (Å²) in [7, 11) is 0. The molecule has 0 aliphatic heterocycles. The molecule has 0 aromatic heterocycles. The molecule has 1 rings (SSSR count). The van der Waals surface area contributed by atoms with Crippen molar-refractivity contribution in [1.29, 1.82) is 0 Å². The van der Waals surface area contributed by atoms with Crippen LogP contribution in [0.1, 0.15) is 11.1 Å². The first-order valence-electron chi connectivity index (χ1n) is 3.73. The second-order valence-corrected chi connectivity index (χ2v) is 2.81. The summed E-state index contributed by atoms with van der Waals surface area (Å²) in [5, 5.41) is 2.55. The van der Waals surface area contributed by atoms with E-state index in [4.69, 9.17) is 5.73 Å². The predicted octanol–water partition coefficient (Wildman–Crippen LogP) is 1.79. The van der Waals surface area contributed by atoms with E-state index in [1.807, 2.05) is 32.0 Å². The molecule has 0 aliphatic rings. The quantitative estimate of drug-likeness (QED) is 0.653. The topological polar surface area (TPSA) is 55.1 Å². The zero-order chi connectivity index (χ0) is 9.14. The fourth-order valence-corrected chi connectivity index (χ4v) is 1.00. The average molecular weight is 164 g/mol. The van der Waals surface area contributed by atoms with Crippen molar-refractivity contribution in [2.75, 3.05) is 5.32 Å². The van der Waals surface area contributed by atoms with Gasteiger partial charge in [-0.15, -0.1) is 0 Å². The normalized spacial score (nSPS) is 9.50. The van der Waals surface area contributed by atoms with Gasteiger partial charge in [0.25, 0.3) is 0 Å². The summed E-state index contributed by atoms with van der Waals surface area (Å²) in [6, 6.07) is 5.30. The highest BCUT2D eigenvalue weighted by Gasteiger charge is 1.99. The molecule has 0 aliphatic carbocycles. The van der Waals surface area contributed by atoms with E-state index in [9.17, 15) is 4.79 Å². The van der Waals surface area contributed by atoms with Gasteiger partial charge in [-0.1, -0.05) is 12.1 Å². The minimum absolute atomic E-state index is 0.524. The van der Waals surface area contributed by atoms with E-state index in [2.05, 4.69) is 5.32 Å². The Morgan fingerprint density at radius 2 is 2.08 bits per heavy atom. The van der Waals surface area contributed by atoms with Gasteiger partial charge >= 0.3 is 6.03 Å². The van der Waals surface area contributed by atoms with Crippen LogP contribution < -0.4 is 11.1 Å². The Hall–Kier alpha value is -1.51. The van der Waals surface area contributed by atoms with Crippen molar-refractivity contribution >= 4 is 11.7 Å². The summed E-state index contributed by atoms with van der Waals surface area (Å²) in [6.45, 7) is 3.89. The van der Waals surface area contributed by atoms with Gasteiger partial charge in [0.15, 0.2) is 0 Å². The summed E-state index contributed by atoms with van der Waals surface area (Å²) in [5.41, 5.74) is 7.89. The van der Waals surface area contributed by atoms with Crippen molar-refractivity contribution in [3.63, 3.8) is 0 Å². The lowest BCUT2D eigenvalue weighted by Gasteiger charge is -2.06. The summed E-state index contributed by atoms with van der Waals surface area (Å²) in [5.74, 6) is 0. The molecule has 0 fully saturated rings. The van der Waals surface area contributed by atoms with Crippen LogP contribution in [0, 0.1) is 13.8 Å². The number of carbonyl (C=O) groups is 1. The number of primary amides is 1. The van der Waals surface area contributed by atoms with Crippen LogP contribution in [0.15, 0.2) is 18.2 Å². The molecule has 3 nitrogen and oxygen atoms in total. The number of nitrogens with one attached hydrogen (secondary N) is 1. The summed E-state index contributed by atoms with van der Waals surface area (Å²) in [4.78, 5) is 10.5. The van der Waals surface area contributed by atoms with Crippen molar-refractivity contribution in [3.8, 4) is 0 Å². The Morgan fingerprint density at radius 1 is 1.42 bits per heavy atom. The van der Waals surface area contributed by atoms with Crippen molar-refractivity contribution in [2.45, 2.75) is 13.8 Å². The van der Waals surface area contributed by atoms with Crippen LogP contribution in [-0.2, 0) is 0 Å². The van der Waals surface area contributed by atoms with Gasteiger partial charge < -0.3 is 11.1 Å². The Labute approximate surface area is 71.6 Å². The monoisotopic (exact) mass is 164 g/mol. The molecule has 12 heavy (non-hydrogen) atoms. The number of benzene rings is 1. The Bertz CT molecular complexity index is 307. The van der Waals surface area contributed by atoms with Crippen LogP contribution >= 0.6 is 0 Å². The second kappa shape index (κ2) is 3.26. The van der Waals surface area contributed by atoms with E-state index < -0.39 is 6.03 Å². The Kier molecular flexibility index (Phi) is 2.33. The lowest BCUT2D eigenvalue weighted by Crippen LogP contribution is -2.19. The molecule has 0 bridgehead atoms. The van der Waals surface area contributed by atoms with Crippen LogP contribution in [-0.4, -0.2) is 6.03 Å². The minimum atomic E-state index is -0.524. The van der Waals surface area contributed by atoms with Gasteiger partial charge in [-0.3, -0.25) is 0 Å². The third kappa shape index (κ3) is 1.99. The maximum Gasteiger partial charge on any atom is 0.316 e. The van der Waals surface area contributed by atoms with Crippen LogP contribution in [0.3, 0.4) is 0 Å². The van der Waals surface area contributed by atoms with Crippen molar-refractivity contribution in [2.24, 2.45) is 5.73 Å². The molecule has 0 atom stereocenters. The smallest absolute Gasteiger partial charge is 0.316 e. The van der Waals surface area contributed by atoms with E-state index in [0.717, 1.165) is 16.8 Å². The van der Waals surface area contributed by atoms with Gasteiger partial charge in [0.2, 0.25) is 0 Å². The highest BCUT2D eigenvalue weighted by Crippen LogP contribution is 2.15. The molecule has 1 aromatic carbocycles. The van der Waals surface area contributed by atoms with Crippen LogP contribution in [0.2, 0.25) is 0 Å². The first-order valence-corrected chi connectivity index (χ1v) is 3.73. The molecular weight excluding hydrogens is 152 g/mol. The van der Waals surface area contributed by atoms with Gasteiger partial charge in [0.05, 0.1) is 0 Å². The zero-order valence-corrected chi connectivity index (χ0v) is 7.22. The third-order valence-electron chi connectivity index (χ3n) is 1.65. The van der Waals surface area contributed by atoms with Crippen molar-refractivity contribution in [1.82, 2.24) is 0 Å². The van der Waals surface area contributed by atoms with E-state index in [0.29, 0.717) is 0 Å². The molecule has 0 saturated heterocycles. The molecule has 1 aromatic rings. The SMILES string of the molecule is Cc1ccc(C)c(NC(N)=O)c1. The van der Waals surface area contributed by atoms with Crippen LogP contribution in [0.5, 0.6) is 0 Å². The van der Waals surface area contributed by atoms with Gasteiger partial charge in [0, 0.05) is 5.69 Å². The van der Waals surface area contributed by atoms with Gasteiger partial charge in [-0.25, -0.2) is 4.79 Å². The fraction of sp³-hybridized carbons (Fsp3) is 0.222. The van der Waals surface area contributed by atoms with Crippen LogP contribution in [0.4, 0.5) is 10.5 Å². The molecule has 3 N–H and O–H groups in total. The van der Waals surface area contributed by atoms with Crippen molar-refractivity contribution < 1.29 is 4.79 Å². The molecule has 0 radical (unpaired) electrons. The molecule has 0 heterocycles. The van der Waals surface area contributed by atoms with Gasteiger partial charge in [-0.05, 0) is 31.0 Å². The van der Waals surface area contributed by atoms with Gasteiger partial charge in [0.1, 0.15) is 0 Å². The van der Waals surface area contributed by atoms with E-state index in [1.54, 1.807) is 0 Å². The standard InChI is InChI=1S/C9H12N2O/c1-6-3-4-7(2)8(5-6)11-9(10)12/h3-5H,1-2H3,(H3,10,11,12). The number of aryl methyl sites for hydroxylation is 2. The maximum atomic E-state index is 10.5. The number of hydrogen-bond acceptors (Lipinski definition) is 1. The molecule has 3 heteroatoms. The van der Waals surface area contributed by atoms with Gasteiger partial charge in [-0.2, -0.15) is 0 Å². The fourth-order valence-electron chi connectivity index (χ4n) is 1.00. The molecule has 64 valence electrons. The molecule has 0 saturated carbocycles. The first-order chi connectivity index (χ1) is 5.59. The number of hydrogen-bond donors (Lipinski definition) is 2. The molecule has 0 spiro atoms. The largest absolute Gasteiger partial charge is 0.351 e. The molecular formula is C9H12N2O. The zero-order valence-electron chi connectivity index (χ0n) is 7.22. The number of amides is 2. The number of urea groups is 1. The predicted molar refractivity (Wildman–Crippen MR) is 49.1 cm³/mol. The second-order valence-electron chi connectivity index (χ2n) is 2.81. The molecule has 0 unspecified atom stereocenters. The number of rotatable bonds is 1.